The summed E-state index contributed by atoms with van der Waals surface area (Å²) in [5, 5.41) is 6.73. The van der Waals surface area contributed by atoms with Gasteiger partial charge in [-0.05, 0) is 13.1 Å². The summed E-state index contributed by atoms with van der Waals surface area (Å²) < 4.78 is 10.4. The molecule has 4 heteroatoms. The van der Waals surface area contributed by atoms with E-state index >= 15 is 0 Å². The standard InChI is InChI=1S/C12H14N2O2/c1-13-7-11-4-2-3-5-12(11)15-8-10-6-14-16-9-10/h2-6,9,13H,7-8H2,1H3. The molecule has 0 bridgehead atoms. The highest BCUT2D eigenvalue weighted by atomic mass is 16.5. The van der Waals surface area contributed by atoms with Gasteiger partial charge >= 0.3 is 0 Å². The van der Waals surface area contributed by atoms with Crippen LogP contribution in [0, 0.1) is 0 Å². The van der Waals surface area contributed by atoms with Crippen LogP contribution >= 0.6 is 0 Å². The topological polar surface area (TPSA) is 47.3 Å². The smallest absolute Gasteiger partial charge is 0.130 e. The zero-order valence-corrected chi connectivity index (χ0v) is 9.14. The van der Waals surface area contributed by atoms with Crippen molar-refractivity contribution in [1.82, 2.24) is 10.5 Å². The molecule has 0 amide bonds. The number of benzene rings is 1. The Morgan fingerprint density at radius 2 is 2.25 bits per heavy atom. The number of hydrogen-bond acceptors (Lipinski definition) is 4. The first kappa shape index (κ1) is 10.7. The van der Waals surface area contributed by atoms with Crippen LogP contribution in [0.5, 0.6) is 5.75 Å². The van der Waals surface area contributed by atoms with Gasteiger partial charge in [0.15, 0.2) is 0 Å². The molecule has 0 saturated heterocycles. The SMILES string of the molecule is CNCc1ccccc1OCc1cnoc1. The molecule has 84 valence electrons. The number of ether oxygens (including phenoxy) is 1. The summed E-state index contributed by atoms with van der Waals surface area (Å²) in [5.74, 6) is 0.887. The molecule has 0 aliphatic carbocycles. The lowest BCUT2D eigenvalue weighted by atomic mass is 10.2. The molecule has 4 nitrogen and oxygen atoms in total. The summed E-state index contributed by atoms with van der Waals surface area (Å²) in [7, 11) is 1.91. The van der Waals surface area contributed by atoms with Gasteiger partial charge in [-0.25, -0.2) is 0 Å². The maximum atomic E-state index is 5.69. The highest BCUT2D eigenvalue weighted by Gasteiger charge is 2.03. The Morgan fingerprint density at radius 3 is 3.00 bits per heavy atom. The average Bonchev–Trinajstić information content (AvgIpc) is 2.81. The molecule has 16 heavy (non-hydrogen) atoms. The Hall–Kier alpha value is -1.81. The predicted molar refractivity (Wildman–Crippen MR) is 60.0 cm³/mol. The third-order valence-corrected chi connectivity index (χ3v) is 2.22. The number of nitrogens with zero attached hydrogens (tertiary/aromatic N) is 1. The highest BCUT2D eigenvalue weighted by molar-refractivity contribution is 5.33. The molecule has 0 unspecified atom stereocenters. The Balaban J connectivity index is 2.03. The fraction of sp³-hybridized carbons (Fsp3) is 0.250. The second kappa shape index (κ2) is 5.32. The molecule has 2 rings (SSSR count). The van der Waals surface area contributed by atoms with E-state index in [2.05, 4.69) is 10.5 Å². The molecule has 1 aromatic carbocycles. The number of rotatable bonds is 5. The van der Waals surface area contributed by atoms with Crippen LogP contribution in [0.3, 0.4) is 0 Å². The minimum Gasteiger partial charge on any atom is -0.488 e. The second-order valence-electron chi connectivity index (χ2n) is 3.46. The molecule has 1 N–H and O–H groups in total. The number of aromatic nitrogens is 1. The molecule has 2 aromatic rings. The monoisotopic (exact) mass is 218 g/mol. The predicted octanol–water partition coefficient (Wildman–Crippen LogP) is 1.97. The summed E-state index contributed by atoms with van der Waals surface area (Å²) in [4.78, 5) is 0. The first-order valence-electron chi connectivity index (χ1n) is 5.13. The van der Waals surface area contributed by atoms with E-state index in [4.69, 9.17) is 9.26 Å². The lowest BCUT2D eigenvalue weighted by molar-refractivity contribution is 0.300. The summed E-state index contributed by atoms with van der Waals surface area (Å²) >= 11 is 0. The lowest BCUT2D eigenvalue weighted by Crippen LogP contribution is -2.07. The van der Waals surface area contributed by atoms with Crippen LogP contribution < -0.4 is 10.1 Å². The molecule has 0 fully saturated rings. The summed E-state index contributed by atoms with van der Waals surface area (Å²) in [6, 6.07) is 7.96. The van der Waals surface area contributed by atoms with Gasteiger partial charge in [-0.3, -0.25) is 0 Å². The van der Waals surface area contributed by atoms with Crippen molar-refractivity contribution in [2.45, 2.75) is 13.2 Å². The molecule has 0 aliphatic rings. The molecule has 1 aromatic heterocycles. The third kappa shape index (κ3) is 2.61. The van der Waals surface area contributed by atoms with Crippen molar-refractivity contribution in [1.29, 1.82) is 0 Å². The zero-order valence-electron chi connectivity index (χ0n) is 9.14. The van der Waals surface area contributed by atoms with Crippen molar-refractivity contribution < 1.29 is 9.26 Å². The van der Waals surface area contributed by atoms with Gasteiger partial charge in [-0.1, -0.05) is 23.4 Å². The quantitative estimate of drug-likeness (QED) is 0.833. The Kier molecular flexibility index (Phi) is 3.56. The maximum absolute atomic E-state index is 5.69. The van der Waals surface area contributed by atoms with E-state index in [1.165, 1.54) is 0 Å². The molecule has 0 spiro atoms. The van der Waals surface area contributed by atoms with E-state index in [-0.39, 0.29) is 0 Å². The average molecular weight is 218 g/mol. The molecule has 0 atom stereocenters. The molecule has 1 heterocycles. The molecular formula is C12H14N2O2. The van der Waals surface area contributed by atoms with E-state index < -0.39 is 0 Å². The Labute approximate surface area is 94.2 Å². The first-order valence-corrected chi connectivity index (χ1v) is 5.13. The van der Waals surface area contributed by atoms with Crippen molar-refractivity contribution in [2.75, 3.05) is 7.05 Å². The van der Waals surface area contributed by atoms with E-state index in [1.54, 1.807) is 12.5 Å². The fourth-order valence-corrected chi connectivity index (χ4v) is 1.44. The normalized spacial score (nSPS) is 10.3. The van der Waals surface area contributed by atoms with E-state index in [0.29, 0.717) is 6.61 Å². The van der Waals surface area contributed by atoms with E-state index in [9.17, 15) is 0 Å². The minimum absolute atomic E-state index is 0.476. The van der Waals surface area contributed by atoms with Crippen LogP contribution in [0.15, 0.2) is 41.2 Å². The van der Waals surface area contributed by atoms with Crippen molar-refractivity contribution in [3.05, 3.63) is 47.9 Å². The van der Waals surface area contributed by atoms with Gasteiger partial charge in [0.2, 0.25) is 0 Å². The van der Waals surface area contributed by atoms with Gasteiger partial charge < -0.3 is 14.6 Å². The van der Waals surface area contributed by atoms with Crippen LogP contribution in [-0.2, 0) is 13.2 Å². The van der Waals surface area contributed by atoms with Gasteiger partial charge in [0.25, 0.3) is 0 Å². The van der Waals surface area contributed by atoms with Gasteiger partial charge in [0.05, 0.1) is 6.20 Å². The number of hydrogen-bond donors (Lipinski definition) is 1. The van der Waals surface area contributed by atoms with Crippen LogP contribution in [0.4, 0.5) is 0 Å². The molecule has 0 saturated carbocycles. The Morgan fingerprint density at radius 1 is 1.38 bits per heavy atom. The largest absolute Gasteiger partial charge is 0.488 e. The Bertz CT molecular complexity index is 426. The van der Waals surface area contributed by atoms with Crippen LogP contribution in [0.1, 0.15) is 11.1 Å². The van der Waals surface area contributed by atoms with Crippen LogP contribution in [0.25, 0.3) is 0 Å². The van der Waals surface area contributed by atoms with Gasteiger partial charge in [-0.15, -0.1) is 0 Å². The van der Waals surface area contributed by atoms with Crippen molar-refractivity contribution in [2.24, 2.45) is 0 Å². The summed E-state index contributed by atoms with van der Waals surface area (Å²) in [6.07, 6.45) is 3.24. The van der Waals surface area contributed by atoms with Crippen molar-refractivity contribution >= 4 is 0 Å². The number of nitrogens with one attached hydrogen (secondary N) is 1. The molecule has 0 radical (unpaired) electrons. The maximum Gasteiger partial charge on any atom is 0.130 e. The molecule has 0 aliphatic heterocycles. The van der Waals surface area contributed by atoms with Crippen LogP contribution in [0.2, 0.25) is 0 Å². The lowest BCUT2D eigenvalue weighted by Gasteiger charge is -2.09. The first-order chi connectivity index (χ1) is 7.90. The molecular weight excluding hydrogens is 204 g/mol. The van der Waals surface area contributed by atoms with E-state index in [1.807, 2.05) is 31.3 Å². The fourth-order valence-electron chi connectivity index (χ4n) is 1.44. The van der Waals surface area contributed by atoms with Gasteiger partial charge in [0, 0.05) is 17.7 Å². The van der Waals surface area contributed by atoms with Gasteiger partial charge in [0.1, 0.15) is 18.6 Å². The summed E-state index contributed by atoms with van der Waals surface area (Å²) in [6.45, 7) is 1.27. The minimum atomic E-state index is 0.476. The van der Waals surface area contributed by atoms with Crippen molar-refractivity contribution in [3.63, 3.8) is 0 Å². The number of para-hydroxylation sites is 1. The third-order valence-electron chi connectivity index (χ3n) is 2.22. The summed E-state index contributed by atoms with van der Waals surface area (Å²) in [5.41, 5.74) is 2.07. The van der Waals surface area contributed by atoms with Crippen molar-refractivity contribution in [3.8, 4) is 5.75 Å². The second-order valence-corrected chi connectivity index (χ2v) is 3.46. The zero-order chi connectivity index (χ0) is 11.2. The van der Waals surface area contributed by atoms with Gasteiger partial charge in [-0.2, -0.15) is 0 Å². The van der Waals surface area contributed by atoms with E-state index in [0.717, 1.165) is 23.4 Å². The highest BCUT2D eigenvalue weighted by Crippen LogP contribution is 2.18. The van der Waals surface area contributed by atoms with Crippen LogP contribution in [-0.4, -0.2) is 12.2 Å².